The van der Waals surface area contributed by atoms with Crippen molar-refractivity contribution in [3.8, 4) is 6.07 Å². The molecule has 6 nitrogen and oxygen atoms in total. The van der Waals surface area contributed by atoms with Crippen molar-refractivity contribution in [1.29, 1.82) is 5.26 Å². The summed E-state index contributed by atoms with van der Waals surface area (Å²) in [5.74, 6) is 0.113. The first-order valence-corrected chi connectivity index (χ1v) is 9.14. The first-order valence-electron chi connectivity index (χ1n) is 7.08. The zero-order valence-electron chi connectivity index (χ0n) is 13.8. The van der Waals surface area contributed by atoms with E-state index in [1.54, 1.807) is 7.05 Å². The van der Waals surface area contributed by atoms with Crippen molar-refractivity contribution in [3.05, 3.63) is 35.1 Å². The number of rotatable bonds is 6. The lowest BCUT2D eigenvalue weighted by Crippen LogP contribution is -2.42. The van der Waals surface area contributed by atoms with E-state index >= 15 is 0 Å². The summed E-state index contributed by atoms with van der Waals surface area (Å²) in [6.45, 7) is 2.01. The van der Waals surface area contributed by atoms with Gasteiger partial charge in [0, 0.05) is 31.5 Å². The second-order valence-electron chi connectivity index (χ2n) is 5.31. The van der Waals surface area contributed by atoms with E-state index in [4.69, 9.17) is 5.26 Å². The lowest BCUT2D eigenvalue weighted by molar-refractivity contribution is 0.578. The Kier molecular flexibility index (Phi) is 9.84. The van der Waals surface area contributed by atoms with Gasteiger partial charge in [-0.2, -0.15) is 5.26 Å². The molecule has 0 heterocycles. The summed E-state index contributed by atoms with van der Waals surface area (Å²) in [4.78, 5) is 4.02. The van der Waals surface area contributed by atoms with Crippen LogP contribution in [0.15, 0.2) is 23.2 Å². The molecular formula is C15H22FIN4O2S. The fraction of sp³-hybridized carbons (Fsp3) is 0.467. The molecule has 0 aromatic heterocycles. The summed E-state index contributed by atoms with van der Waals surface area (Å²) in [5.41, 5.74) is 0.739. The predicted octanol–water partition coefficient (Wildman–Crippen LogP) is 1.80. The summed E-state index contributed by atoms with van der Waals surface area (Å²) < 4.78 is 36.0. The van der Waals surface area contributed by atoms with Crippen molar-refractivity contribution in [2.24, 2.45) is 4.99 Å². The molecule has 0 aliphatic carbocycles. The number of nitrogens with zero attached hydrogens (tertiary/aromatic N) is 2. The van der Waals surface area contributed by atoms with Crippen LogP contribution in [0.1, 0.15) is 24.5 Å². The maximum Gasteiger partial charge on any atom is 0.191 e. The molecule has 0 bridgehead atoms. The third-order valence-corrected chi connectivity index (χ3v) is 4.13. The highest BCUT2D eigenvalue weighted by Crippen LogP contribution is 2.09. The van der Waals surface area contributed by atoms with Gasteiger partial charge in [-0.1, -0.05) is 0 Å². The highest BCUT2D eigenvalue weighted by atomic mass is 127. The van der Waals surface area contributed by atoms with Crippen LogP contribution < -0.4 is 10.6 Å². The second-order valence-corrected chi connectivity index (χ2v) is 7.57. The van der Waals surface area contributed by atoms with E-state index < -0.39 is 15.7 Å². The predicted molar refractivity (Wildman–Crippen MR) is 104 cm³/mol. The van der Waals surface area contributed by atoms with Crippen LogP contribution in [0, 0.1) is 17.1 Å². The molecule has 0 spiro atoms. The highest BCUT2D eigenvalue weighted by Gasteiger charge is 2.10. The van der Waals surface area contributed by atoms with E-state index in [-0.39, 0.29) is 42.3 Å². The van der Waals surface area contributed by atoms with Crippen LogP contribution >= 0.6 is 24.0 Å². The molecule has 24 heavy (non-hydrogen) atoms. The number of aliphatic imine (C=N–C) groups is 1. The van der Waals surface area contributed by atoms with E-state index in [0.717, 1.165) is 0 Å². The van der Waals surface area contributed by atoms with E-state index in [1.165, 1.54) is 24.5 Å². The van der Waals surface area contributed by atoms with Crippen LogP contribution in [0.5, 0.6) is 0 Å². The average molecular weight is 468 g/mol. The molecule has 0 saturated heterocycles. The lowest BCUT2D eigenvalue weighted by Gasteiger charge is -2.17. The van der Waals surface area contributed by atoms with Crippen molar-refractivity contribution in [3.63, 3.8) is 0 Å². The van der Waals surface area contributed by atoms with Crippen molar-refractivity contribution >= 4 is 39.8 Å². The summed E-state index contributed by atoms with van der Waals surface area (Å²) in [6, 6.07) is 6.00. The van der Waals surface area contributed by atoms with Gasteiger partial charge in [0.15, 0.2) is 5.96 Å². The molecule has 0 radical (unpaired) electrons. The second kappa shape index (κ2) is 10.5. The Hall–Kier alpha value is -1.41. The number of guanidine groups is 1. The van der Waals surface area contributed by atoms with E-state index in [2.05, 4.69) is 15.6 Å². The minimum atomic E-state index is -3.01. The number of nitrogens with one attached hydrogen (secondary N) is 2. The van der Waals surface area contributed by atoms with Crippen LogP contribution in [0.3, 0.4) is 0 Å². The molecule has 1 atom stereocenters. The Balaban J connectivity index is 0.00000529. The Morgan fingerprint density at radius 2 is 2.12 bits per heavy atom. The first-order chi connectivity index (χ1) is 10.7. The maximum absolute atomic E-state index is 13.7. The van der Waals surface area contributed by atoms with Crippen molar-refractivity contribution < 1.29 is 12.8 Å². The molecule has 9 heteroatoms. The van der Waals surface area contributed by atoms with E-state index in [1.807, 2.05) is 13.0 Å². The normalized spacial score (nSPS) is 12.7. The highest BCUT2D eigenvalue weighted by molar-refractivity contribution is 14.0. The smallest absolute Gasteiger partial charge is 0.191 e. The molecule has 134 valence electrons. The third kappa shape index (κ3) is 8.44. The molecule has 0 amide bonds. The topological polar surface area (TPSA) is 94.3 Å². The summed E-state index contributed by atoms with van der Waals surface area (Å²) >= 11 is 0. The third-order valence-electron chi connectivity index (χ3n) is 3.15. The Morgan fingerprint density at radius 1 is 1.46 bits per heavy atom. The minimum absolute atomic E-state index is 0. The zero-order chi connectivity index (χ0) is 17.5. The maximum atomic E-state index is 13.7. The molecule has 0 saturated carbocycles. The van der Waals surface area contributed by atoms with Gasteiger partial charge in [0.2, 0.25) is 0 Å². The van der Waals surface area contributed by atoms with E-state index in [9.17, 15) is 12.8 Å². The number of hydrogen-bond donors (Lipinski definition) is 2. The Morgan fingerprint density at radius 3 is 2.67 bits per heavy atom. The standard InChI is InChI=1S/C15H21FN4O2S.HI/c1-11(6-7-23(3,21)22)20-15(18-2)19-10-13-8-12(9-17)4-5-14(13)16;/h4-5,8,11H,6-7,10H2,1-3H3,(H2,18,19,20);1H. The van der Waals surface area contributed by atoms with Crippen molar-refractivity contribution in [2.75, 3.05) is 19.1 Å². The largest absolute Gasteiger partial charge is 0.354 e. The molecule has 1 rings (SSSR count). The molecular weight excluding hydrogens is 446 g/mol. The van der Waals surface area contributed by atoms with Gasteiger partial charge in [0.05, 0.1) is 17.4 Å². The number of benzene rings is 1. The molecule has 0 aliphatic heterocycles. The van der Waals surface area contributed by atoms with Crippen molar-refractivity contribution in [2.45, 2.75) is 25.9 Å². The quantitative estimate of drug-likeness (QED) is 0.377. The Labute approximate surface area is 159 Å². The van der Waals surface area contributed by atoms with Gasteiger partial charge in [-0.25, -0.2) is 12.8 Å². The molecule has 0 aliphatic rings. The summed E-state index contributed by atoms with van der Waals surface area (Å²) in [6.07, 6.45) is 1.63. The van der Waals surface area contributed by atoms with Crippen LogP contribution in [0.2, 0.25) is 0 Å². The molecule has 2 N–H and O–H groups in total. The lowest BCUT2D eigenvalue weighted by atomic mass is 10.1. The Bertz CT molecular complexity index is 717. The monoisotopic (exact) mass is 468 g/mol. The van der Waals surface area contributed by atoms with Gasteiger partial charge in [0.1, 0.15) is 15.7 Å². The van der Waals surface area contributed by atoms with Crippen molar-refractivity contribution in [1.82, 2.24) is 10.6 Å². The van der Waals surface area contributed by atoms with Crippen LogP contribution in [0.4, 0.5) is 4.39 Å². The minimum Gasteiger partial charge on any atom is -0.354 e. The first kappa shape index (κ1) is 22.6. The van der Waals surface area contributed by atoms with Crippen LogP contribution in [0.25, 0.3) is 0 Å². The van der Waals surface area contributed by atoms with Crippen LogP contribution in [-0.4, -0.2) is 39.5 Å². The van der Waals surface area contributed by atoms with Gasteiger partial charge < -0.3 is 10.6 Å². The summed E-state index contributed by atoms with van der Waals surface area (Å²) in [5, 5.41) is 14.8. The zero-order valence-corrected chi connectivity index (χ0v) is 17.0. The summed E-state index contributed by atoms with van der Waals surface area (Å²) in [7, 11) is -1.44. The molecule has 1 unspecified atom stereocenters. The van der Waals surface area contributed by atoms with Crippen LogP contribution in [-0.2, 0) is 16.4 Å². The van der Waals surface area contributed by atoms with E-state index in [0.29, 0.717) is 23.5 Å². The molecule has 1 aromatic carbocycles. The number of nitriles is 1. The number of halogens is 2. The molecule has 1 aromatic rings. The number of sulfone groups is 1. The fourth-order valence-electron chi connectivity index (χ4n) is 1.85. The van der Waals surface area contributed by atoms with Gasteiger partial charge in [0.25, 0.3) is 0 Å². The van der Waals surface area contributed by atoms with Gasteiger partial charge in [-0.05, 0) is 31.5 Å². The fourth-order valence-corrected chi connectivity index (χ4v) is 2.63. The SMILES string of the molecule is CN=C(NCc1cc(C#N)ccc1F)NC(C)CCS(C)(=O)=O.I. The number of hydrogen-bond acceptors (Lipinski definition) is 4. The van der Waals surface area contributed by atoms with Gasteiger partial charge in [-0.15, -0.1) is 24.0 Å². The average Bonchev–Trinajstić information content (AvgIpc) is 2.50. The molecule has 0 fully saturated rings. The van der Waals surface area contributed by atoms with Gasteiger partial charge >= 0.3 is 0 Å². The van der Waals surface area contributed by atoms with Gasteiger partial charge in [-0.3, -0.25) is 4.99 Å².